The highest BCUT2D eigenvalue weighted by molar-refractivity contribution is 5.98. The number of hydrogen-bond donors (Lipinski definition) is 2. The van der Waals surface area contributed by atoms with Crippen LogP contribution >= 0.6 is 12.4 Å². The fourth-order valence-corrected chi connectivity index (χ4v) is 3.26. The van der Waals surface area contributed by atoms with Crippen molar-refractivity contribution in [2.45, 2.75) is 44.8 Å². The molecule has 1 fully saturated rings. The van der Waals surface area contributed by atoms with Crippen LogP contribution in [0.25, 0.3) is 0 Å². The van der Waals surface area contributed by atoms with Crippen LogP contribution in [-0.4, -0.2) is 35.8 Å². The predicted octanol–water partition coefficient (Wildman–Crippen LogP) is 4.23. The lowest BCUT2D eigenvalue weighted by atomic mass is 9.88. The molecular weight excluding hydrogens is 418 g/mol. The number of hydrogen-bond acceptors (Lipinski definition) is 6. The van der Waals surface area contributed by atoms with Gasteiger partial charge in [0.05, 0.1) is 5.54 Å². The van der Waals surface area contributed by atoms with Gasteiger partial charge in [-0.15, -0.1) is 17.5 Å². The second-order valence-corrected chi connectivity index (χ2v) is 7.93. The number of anilines is 1. The van der Waals surface area contributed by atoms with E-state index in [0.29, 0.717) is 31.8 Å². The number of amides is 1. The van der Waals surface area contributed by atoms with Crippen molar-refractivity contribution < 1.29 is 19.2 Å². The number of halogens is 1. The number of nitrogens with one attached hydrogen (secondary N) is 1. The second kappa shape index (κ2) is 11.1. The van der Waals surface area contributed by atoms with E-state index in [4.69, 9.17) is 15.3 Å². The first kappa shape index (κ1) is 24.7. The summed E-state index contributed by atoms with van der Waals surface area (Å²) in [5.74, 6) is 0.199. The molecule has 31 heavy (non-hydrogen) atoms. The number of nitrogens with zero attached hydrogens (tertiary/aromatic N) is 1. The van der Waals surface area contributed by atoms with Crippen molar-refractivity contribution in [2.75, 3.05) is 18.4 Å². The van der Waals surface area contributed by atoms with Crippen LogP contribution in [0.15, 0.2) is 54.6 Å². The fourth-order valence-electron chi connectivity index (χ4n) is 3.26. The average Bonchev–Trinajstić information content (AvgIpc) is 2.75. The summed E-state index contributed by atoms with van der Waals surface area (Å²) in [6.07, 6.45) is -0.0258. The second-order valence-electron chi connectivity index (χ2n) is 7.93. The highest BCUT2D eigenvalue weighted by atomic mass is 35.5. The van der Waals surface area contributed by atoms with E-state index in [9.17, 15) is 9.59 Å². The van der Waals surface area contributed by atoms with Gasteiger partial charge in [0, 0.05) is 18.8 Å². The molecule has 2 aromatic carbocycles. The van der Waals surface area contributed by atoms with Gasteiger partial charge < -0.3 is 20.6 Å². The van der Waals surface area contributed by atoms with Crippen molar-refractivity contribution in [2.24, 2.45) is 5.73 Å². The van der Waals surface area contributed by atoms with E-state index in [2.05, 4.69) is 19.2 Å². The first-order chi connectivity index (χ1) is 14.4. The molecule has 7 nitrogen and oxygen atoms in total. The molecule has 1 amide bonds. The number of ether oxygens (including phenoxy) is 1. The van der Waals surface area contributed by atoms with Crippen LogP contribution in [0.3, 0.4) is 0 Å². The highest BCUT2D eigenvalue weighted by Crippen LogP contribution is 2.23. The summed E-state index contributed by atoms with van der Waals surface area (Å²) in [7, 11) is 0. The zero-order chi connectivity index (χ0) is 21.6. The van der Waals surface area contributed by atoms with Crippen molar-refractivity contribution in [1.82, 2.24) is 5.06 Å². The predicted molar refractivity (Wildman–Crippen MR) is 122 cm³/mol. The van der Waals surface area contributed by atoms with Gasteiger partial charge in [0.2, 0.25) is 5.91 Å². The molecule has 0 atom stereocenters. The number of benzene rings is 2. The van der Waals surface area contributed by atoms with Crippen molar-refractivity contribution in [3.8, 4) is 0 Å². The molecule has 0 saturated carbocycles. The van der Waals surface area contributed by atoms with E-state index in [0.717, 1.165) is 11.3 Å². The van der Waals surface area contributed by atoms with E-state index in [1.54, 1.807) is 0 Å². The summed E-state index contributed by atoms with van der Waals surface area (Å²) in [6.45, 7) is 5.10. The van der Waals surface area contributed by atoms with Crippen LogP contribution in [0.1, 0.15) is 43.7 Å². The Morgan fingerprint density at radius 2 is 1.68 bits per heavy atom. The van der Waals surface area contributed by atoms with Gasteiger partial charge in [-0.05, 0) is 42.0 Å². The summed E-state index contributed by atoms with van der Waals surface area (Å²) in [6, 6.07) is 17.2. The van der Waals surface area contributed by atoms with Crippen molar-refractivity contribution in [3.63, 3.8) is 0 Å². The molecule has 3 N–H and O–H groups in total. The Balaban J connectivity index is 0.00000341. The van der Waals surface area contributed by atoms with Crippen LogP contribution in [0, 0.1) is 0 Å². The summed E-state index contributed by atoms with van der Waals surface area (Å²) in [5, 5.41) is 4.39. The number of nitrogens with two attached hydrogens (primary N) is 1. The van der Waals surface area contributed by atoms with Crippen LogP contribution in [0.2, 0.25) is 0 Å². The van der Waals surface area contributed by atoms with Gasteiger partial charge in [-0.2, -0.15) is 0 Å². The quantitative estimate of drug-likeness (QED) is 0.643. The molecule has 0 spiro atoms. The summed E-state index contributed by atoms with van der Waals surface area (Å²) in [5.41, 5.74) is 8.15. The monoisotopic (exact) mass is 447 g/mol. The molecule has 0 aromatic heterocycles. The van der Waals surface area contributed by atoms with E-state index in [1.165, 1.54) is 10.6 Å². The molecule has 0 unspecified atom stereocenters. The minimum Gasteiger partial charge on any atom is -0.428 e. The molecule has 168 valence electrons. The zero-order valence-corrected chi connectivity index (χ0v) is 18.7. The summed E-state index contributed by atoms with van der Waals surface area (Å²) in [4.78, 5) is 29.8. The first-order valence-corrected chi connectivity index (χ1v) is 10.2. The largest absolute Gasteiger partial charge is 0.528 e. The lowest BCUT2D eigenvalue weighted by molar-refractivity contribution is -0.151. The Morgan fingerprint density at radius 3 is 2.26 bits per heavy atom. The van der Waals surface area contributed by atoms with Crippen LogP contribution in [-0.2, 0) is 21.0 Å². The maximum Gasteiger partial charge on any atom is 0.528 e. The van der Waals surface area contributed by atoms with E-state index >= 15 is 0 Å². The van der Waals surface area contributed by atoms with E-state index < -0.39 is 11.7 Å². The van der Waals surface area contributed by atoms with Gasteiger partial charge in [-0.1, -0.05) is 56.3 Å². The standard InChI is InChI=1S/C23H29N3O4.ClH/c1-17(2)19-8-10-20(11-9-19)25-21(27)23(24)12-14-26(15-13-23)30-22(28)29-16-18-6-4-3-5-7-18;/h3-11,17H,12-16,24H2,1-2H3,(H,25,27);1H. The smallest absolute Gasteiger partial charge is 0.428 e. The van der Waals surface area contributed by atoms with Crippen molar-refractivity contribution in [1.29, 1.82) is 0 Å². The van der Waals surface area contributed by atoms with Gasteiger partial charge in [0.1, 0.15) is 6.61 Å². The maximum atomic E-state index is 12.7. The molecule has 8 heteroatoms. The molecule has 1 aliphatic rings. The average molecular weight is 448 g/mol. The fraction of sp³-hybridized carbons (Fsp3) is 0.391. The Hall–Kier alpha value is -2.61. The zero-order valence-electron chi connectivity index (χ0n) is 17.9. The van der Waals surface area contributed by atoms with Gasteiger partial charge in [0.15, 0.2) is 0 Å². The van der Waals surface area contributed by atoms with E-state index in [-0.39, 0.29) is 24.9 Å². The molecular formula is C23H30ClN3O4. The number of rotatable bonds is 6. The lowest BCUT2D eigenvalue weighted by Gasteiger charge is -2.36. The topological polar surface area (TPSA) is 93.9 Å². The van der Waals surface area contributed by atoms with Gasteiger partial charge in [0.25, 0.3) is 0 Å². The molecule has 3 rings (SSSR count). The number of carbonyl (C=O) groups is 2. The Morgan fingerprint density at radius 1 is 1.06 bits per heavy atom. The molecule has 1 heterocycles. The number of piperidine rings is 1. The van der Waals surface area contributed by atoms with Crippen LogP contribution < -0.4 is 11.1 Å². The third-order valence-electron chi connectivity index (χ3n) is 5.31. The normalized spacial score (nSPS) is 15.6. The molecule has 1 saturated heterocycles. The van der Waals surface area contributed by atoms with Crippen LogP contribution in [0.4, 0.5) is 10.5 Å². The van der Waals surface area contributed by atoms with E-state index in [1.807, 2.05) is 54.6 Å². The molecule has 2 aromatic rings. The Bertz CT molecular complexity index is 851. The highest BCUT2D eigenvalue weighted by Gasteiger charge is 2.39. The maximum absolute atomic E-state index is 12.7. The summed E-state index contributed by atoms with van der Waals surface area (Å²) >= 11 is 0. The minimum atomic E-state index is -1.01. The molecule has 0 radical (unpaired) electrons. The molecule has 0 aliphatic carbocycles. The SMILES string of the molecule is CC(C)c1ccc(NC(=O)C2(N)CCN(OC(=O)OCc3ccccc3)CC2)cc1.Cl. The Kier molecular flexibility index (Phi) is 8.86. The Labute approximate surface area is 189 Å². The van der Waals surface area contributed by atoms with Gasteiger partial charge in [-0.3, -0.25) is 4.79 Å². The third-order valence-corrected chi connectivity index (χ3v) is 5.31. The first-order valence-electron chi connectivity index (χ1n) is 10.2. The van der Waals surface area contributed by atoms with Gasteiger partial charge in [-0.25, -0.2) is 4.79 Å². The third kappa shape index (κ3) is 6.95. The molecule has 1 aliphatic heterocycles. The van der Waals surface area contributed by atoms with Crippen molar-refractivity contribution >= 4 is 30.2 Å². The van der Waals surface area contributed by atoms with Crippen molar-refractivity contribution in [3.05, 3.63) is 65.7 Å². The lowest BCUT2D eigenvalue weighted by Crippen LogP contribution is -2.57. The van der Waals surface area contributed by atoms with Gasteiger partial charge >= 0.3 is 6.16 Å². The minimum absolute atomic E-state index is 0. The molecule has 0 bridgehead atoms. The number of hydroxylamine groups is 2. The summed E-state index contributed by atoms with van der Waals surface area (Å²) < 4.78 is 5.12. The number of carbonyl (C=O) groups excluding carboxylic acids is 2. The van der Waals surface area contributed by atoms with Crippen LogP contribution in [0.5, 0.6) is 0 Å².